The van der Waals surface area contributed by atoms with Gasteiger partial charge in [-0.2, -0.15) is 0 Å². The molecule has 0 fully saturated rings. The molecule has 0 aliphatic rings. The third-order valence-electron chi connectivity index (χ3n) is 5.34. The molecule has 0 saturated heterocycles. The molecule has 0 aliphatic heterocycles. The lowest BCUT2D eigenvalue weighted by molar-refractivity contribution is -0.300. The predicted molar refractivity (Wildman–Crippen MR) is 139 cm³/mol. The maximum atomic E-state index is 13.1. The number of carbonyl (C=O) groups excluding carboxylic acids is 2. The summed E-state index contributed by atoms with van der Waals surface area (Å²) in [5, 5.41) is 12.6. The Kier molecular flexibility index (Phi) is 9.58. The summed E-state index contributed by atoms with van der Waals surface area (Å²) in [6, 6.07) is 21.0. The Hall–Kier alpha value is -4.22. The van der Waals surface area contributed by atoms with Gasteiger partial charge in [0.05, 0.1) is 5.75 Å². The molecule has 10 nitrogen and oxygen atoms in total. The van der Waals surface area contributed by atoms with Crippen LogP contribution in [0.15, 0.2) is 78.9 Å². The van der Waals surface area contributed by atoms with Crippen LogP contribution < -0.4 is 10.2 Å². The summed E-state index contributed by atoms with van der Waals surface area (Å²) in [5.41, 5.74) is 1.99. The summed E-state index contributed by atoms with van der Waals surface area (Å²) >= 11 is 0. The van der Waals surface area contributed by atoms with Crippen molar-refractivity contribution in [1.29, 1.82) is 0 Å². The Morgan fingerprint density at radius 1 is 0.974 bits per heavy atom. The molecule has 3 aromatic rings. The van der Waals surface area contributed by atoms with Gasteiger partial charge in [-0.25, -0.2) is 18.0 Å². The number of nitrogens with zero attached hydrogens (tertiary/aromatic N) is 1. The van der Waals surface area contributed by atoms with E-state index in [0.717, 1.165) is 17.0 Å². The molecule has 200 valence electrons. The first-order valence-corrected chi connectivity index (χ1v) is 13.7. The van der Waals surface area contributed by atoms with Gasteiger partial charge in [0, 0.05) is 18.7 Å². The maximum absolute atomic E-state index is 13.1. The highest BCUT2D eigenvalue weighted by Crippen LogP contribution is 2.29. The molecule has 11 heteroatoms. The van der Waals surface area contributed by atoms with Crippen LogP contribution >= 0.6 is 0 Å². The summed E-state index contributed by atoms with van der Waals surface area (Å²) in [6.07, 6.45) is 0.710. The molecular weight excluding hydrogens is 512 g/mol. The highest BCUT2D eigenvalue weighted by molar-refractivity contribution is 7.90. The number of carboxylic acid groups (broad SMARTS) is 1. The standard InChI is InChI=1S/C27H28N2O8S/c1-19(30)29(36-18-20-9-5-3-6-10-20)37-22-13-14-23(24(17-22)21-11-7-4-8-12-21)26(31)28-25(27(32)33)15-16-38(2,34)35/h3-14,17,25H,15-16,18H2,1-2H3,(H,28,31)(H,32,33). The molecule has 3 aromatic carbocycles. The molecule has 0 spiro atoms. The van der Waals surface area contributed by atoms with Gasteiger partial charge in [-0.1, -0.05) is 60.7 Å². The first-order valence-electron chi connectivity index (χ1n) is 11.6. The van der Waals surface area contributed by atoms with Gasteiger partial charge in [-0.05, 0) is 46.5 Å². The molecule has 0 bridgehead atoms. The van der Waals surface area contributed by atoms with Gasteiger partial charge in [0.25, 0.3) is 11.8 Å². The van der Waals surface area contributed by atoms with Crippen LogP contribution in [0.3, 0.4) is 0 Å². The lowest BCUT2D eigenvalue weighted by atomic mass is 9.98. The van der Waals surface area contributed by atoms with Crippen molar-refractivity contribution in [2.45, 2.75) is 26.0 Å². The van der Waals surface area contributed by atoms with E-state index >= 15 is 0 Å². The molecule has 2 N–H and O–H groups in total. The van der Waals surface area contributed by atoms with Crippen molar-refractivity contribution in [3.8, 4) is 16.9 Å². The van der Waals surface area contributed by atoms with E-state index in [9.17, 15) is 27.9 Å². The molecule has 38 heavy (non-hydrogen) atoms. The second kappa shape index (κ2) is 12.8. The number of hydrogen-bond donors (Lipinski definition) is 2. The Bertz CT molecular complexity index is 1380. The number of hydrogen-bond acceptors (Lipinski definition) is 7. The lowest BCUT2D eigenvalue weighted by Gasteiger charge is -2.21. The van der Waals surface area contributed by atoms with Gasteiger partial charge in [0.2, 0.25) is 0 Å². The molecular formula is C27H28N2O8S. The molecule has 0 saturated carbocycles. The second-order valence-electron chi connectivity index (χ2n) is 8.48. The number of hydroxylamine groups is 2. The summed E-state index contributed by atoms with van der Waals surface area (Å²) < 4.78 is 23.0. The Morgan fingerprint density at radius 3 is 2.18 bits per heavy atom. The van der Waals surface area contributed by atoms with E-state index in [1.807, 2.05) is 30.3 Å². The highest BCUT2D eigenvalue weighted by Gasteiger charge is 2.24. The molecule has 1 atom stereocenters. The van der Waals surface area contributed by atoms with Gasteiger partial charge in [-0.3, -0.25) is 9.59 Å². The first-order chi connectivity index (χ1) is 18.0. The number of carboxylic acids is 1. The number of benzene rings is 3. The van der Waals surface area contributed by atoms with E-state index in [4.69, 9.17) is 9.68 Å². The normalized spacial score (nSPS) is 11.8. The topological polar surface area (TPSA) is 139 Å². The van der Waals surface area contributed by atoms with E-state index < -0.39 is 39.4 Å². The van der Waals surface area contributed by atoms with Crippen LogP contribution in [0.1, 0.15) is 29.3 Å². The average Bonchev–Trinajstić information content (AvgIpc) is 2.89. The van der Waals surface area contributed by atoms with Crippen LogP contribution in [0.4, 0.5) is 0 Å². The van der Waals surface area contributed by atoms with Crippen molar-refractivity contribution >= 4 is 27.6 Å². The Morgan fingerprint density at radius 2 is 1.61 bits per heavy atom. The van der Waals surface area contributed by atoms with Crippen molar-refractivity contribution in [3.63, 3.8) is 0 Å². The quantitative estimate of drug-likeness (QED) is 0.334. The van der Waals surface area contributed by atoms with Crippen LogP contribution in [0.25, 0.3) is 11.1 Å². The molecule has 0 aliphatic carbocycles. The van der Waals surface area contributed by atoms with Crippen LogP contribution in [0.2, 0.25) is 0 Å². The number of carbonyl (C=O) groups is 3. The summed E-state index contributed by atoms with van der Waals surface area (Å²) in [6.45, 7) is 1.35. The van der Waals surface area contributed by atoms with E-state index in [1.54, 1.807) is 30.3 Å². The largest absolute Gasteiger partial charge is 0.480 e. The van der Waals surface area contributed by atoms with Crippen LogP contribution in [-0.2, 0) is 30.9 Å². The van der Waals surface area contributed by atoms with Gasteiger partial charge >= 0.3 is 5.97 Å². The van der Waals surface area contributed by atoms with E-state index in [1.165, 1.54) is 25.1 Å². The van der Waals surface area contributed by atoms with E-state index in [-0.39, 0.29) is 24.3 Å². The van der Waals surface area contributed by atoms with Gasteiger partial charge < -0.3 is 15.3 Å². The van der Waals surface area contributed by atoms with E-state index in [2.05, 4.69) is 5.32 Å². The zero-order chi connectivity index (χ0) is 27.7. The zero-order valence-electron chi connectivity index (χ0n) is 20.9. The number of rotatable bonds is 12. The smallest absolute Gasteiger partial charge is 0.326 e. The second-order valence-corrected chi connectivity index (χ2v) is 10.7. The van der Waals surface area contributed by atoms with Crippen molar-refractivity contribution in [2.75, 3.05) is 12.0 Å². The van der Waals surface area contributed by atoms with Gasteiger partial charge in [-0.15, -0.1) is 0 Å². The predicted octanol–water partition coefficient (Wildman–Crippen LogP) is 3.25. The minimum absolute atomic E-state index is 0.0799. The molecule has 1 unspecified atom stereocenters. The van der Waals surface area contributed by atoms with Crippen molar-refractivity contribution in [3.05, 3.63) is 90.0 Å². The van der Waals surface area contributed by atoms with Gasteiger partial charge in [0.15, 0.2) is 5.75 Å². The number of amides is 2. The summed E-state index contributed by atoms with van der Waals surface area (Å²) in [7, 11) is -3.43. The fourth-order valence-corrected chi connectivity index (χ4v) is 4.11. The van der Waals surface area contributed by atoms with Gasteiger partial charge in [0.1, 0.15) is 22.5 Å². The Balaban J connectivity index is 1.86. The monoisotopic (exact) mass is 540 g/mol. The third kappa shape index (κ3) is 8.43. The molecule has 0 radical (unpaired) electrons. The molecule has 0 heterocycles. The zero-order valence-corrected chi connectivity index (χ0v) is 21.7. The summed E-state index contributed by atoms with van der Waals surface area (Å²) in [5.74, 6) is -2.78. The third-order valence-corrected chi connectivity index (χ3v) is 6.32. The minimum atomic E-state index is -3.43. The molecule has 0 aromatic heterocycles. The fourth-order valence-electron chi connectivity index (χ4n) is 3.44. The number of sulfone groups is 1. The van der Waals surface area contributed by atoms with Crippen LogP contribution in [0, 0.1) is 0 Å². The van der Waals surface area contributed by atoms with Crippen LogP contribution in [-0.4, -0.2) is 54.6 Å². The minimum Gasteiger partial charge on any atom is -0.480 e. The van der Waals surface area contributed by atoms with Crippen molar-refractivity contribution in [1.82, 2.24) is 10.5 Å². The number of nitrogens with one attached hydrogen (secondary N) is 1. The number of aliphatic carboxylic acids is 1. The molecule has 2 amide bonds. The highest BCUT2D eigenvalue weighted by atomic mass is 32.2. The first kappa shape index (κ1) is 28.4. The fraction of sp³-hybridized carbons (Fsp3) is 0.222. The van der Waals surface area contributed by atoms with E-state index in [0.29, 0.717) is 11.1 Å². The maximum Gasteiger partial charge on any atom is 0.326 e. The molecule has 3 rings (SSSR count). The summed E-state index contributed by atoms with van der Waals surface area (Å²) in [4.78, 5) is 48.1. The Labute approximate surface area is 220 Å². The van der Waals surface area contributed by atoms with Crippen molar-refractivity contribution < 1.29 is 37.6 Å². The SMILES string of the molecule is CC(=O)N(OCc1ccccc1)Oc1ccc(C(=O)NC(CCS(C)(=O)=O)C(=O)O)c(-c2ccccc2)c1. The average molecular weight is 541 g/mol. The van der Waals surface area contributed by atoms with Crippen LogP contribution in [0.5, 0.6) is 5.75 Å². The van der Waals surface area contributed by atoms with Crippen molar-refractivity contribution in [2.24, 2.45) is 0 Å². The lowest BCUT2D eigenvalue weighted by Crippen LogP contribution is -2.42.